The molecule has 0 unspecified atom stereocenters. The zero-order valence-electron chi connectivity index (χ0n) is 13.0. The number of halogens is 2. The van der Waals surface area contributed by atoms with E-state index in [-0.39, 0.29) is 30.2 Å². The van der Waals surface area contributed by atoms with E-state index < -0.39 is 0 Å². The van der Waals surface area contributed by atoms with E-state index >= 15 is 0 Å². The van der Waals surface area contributed by atoms with E-state index in [1.165, 1.54) is 4.88 Å². The van der Waals surface area contributed by atoms with Gasteiger partial charge in [-0.25, -0.2) is 0 Å². The van der Waals surface area contributed by atoms with Crippen molar-refractivity contribution in [2.45, 2.75) is 12.5 Å². The Bertz CT molecular complexity index is 674. The summed E-state index contributed by atoms with van der Waals surface area (Å²) in [7, 11) is 3.79. The van der Waals surface area contributed by atoms with Gasteiger partial charge in [0, 0.05) is 44.2 Å². The Hall–Kier alpha value is -0.890. The average Bonchev–Trinajstić information content (AvgIpc) is 3.18. The molecule has 0 aromatic carbocycles. The number of aromatic nitrogens is 2. The van der Waals surface area contributed by atoms with E-state index in [2.05, 4.69) is 32.4 Å². The van der Waals surface area contributed by atoms with Gasteiger partial charge in [-0.1, -0.05) is 0 Å². The molecule has 1 aliphatic heterocycles. The number of carbonyl (C=O) groups is 1. The molecule has 23 heavy (non-hydrogen) atoms. The Kier molecular flexibility index (Phi) is 6.25. The molecule has 1 fully saturated rings. The lowest BCUT2D eigenvalue weighted by Gasteiger charge is -2.23. The molecule has 126 valence electrons. The van der Waals surface area contributed by atoms with E-state index in [1.54, 1.807) is 16.0 Å². The second-order valence-electron chi connectivity index (χ2n) is 5.72. The number of thiophene rings is 1. The van der Waals surface area contributed by atoms with Crippen molar-refractivity contribution in [1.29, 1.82) is 0 Å². The summed E-state index contributed by atoms with van der Waals surface area (Å²) in [5.41, 5.74) is 1.14. The van der Waals surface area contributed by atoms with Crippen molar-refractivity contribution in [3.63, 3.8) is 0 Å². The molecular weight excluding hydrogens is 400 g/mol. The third kappa shape index (κ3) is 4.15. The van der Waals surface area contributed by atoms with Gasteiger partial charge in [0.25, 0.3) is 0 Å². The minimum Gasteiger partial charge on any atom is -0.340 e. The van der Waals surface area contributed by atoms with E-state index in [0.29, 0.717) is 6.54 Å². The number of nitrogens with zero attached hydrogens (tertiary/aromatic N) is 3. The monoisotopic (exact) mass is 418 g/mol. The highest BCUT2D eigenvalue weighted by molar-refractivity contribution is 9.11. The van der Waals surface area contributed by atoms with Crippen LogP contribution in [0, 0.1) is 5.92 Å². The standard InChI is InChI=1S/C15H19BrN4OS.ClH/c1-19(9-11-3-4-14(16)22-11)15(21)13-7-17-6-12(13)10-5-18-20(2)8-10;/h3-5,8,12-13,17H,6-7,9H2,1-2H3;1H/t12-,13+;/m1./s1. The predicted octanol–water partition coefficient (Wildman–Crippen LogP) is 2.63. The maximum atomic E-state index is 12.8. The van der Waals surface area contributed by atoms with Crippen molar-refractivity contribution in [2.24, 2.45) is 13.0 Å². The summed E-state index contributed by atoms with van der Waals surface area (Å²) in [6.45, 7) is 2.22. The zero-order valence-corrected chi connectivity index (χ0v) is 16.2. The normalized spacial score (nSPS) is 20.3. The average molecular weight is 420 g/mol. The second-order valence-corrected chi connectivity index (χ2v) is 8.27. The molecule has 2 aromatic heterocycles. The predicted molar refractivity (Wildman–Crippen MR) is 98.0 cm³/mol. The summed E-state index contributed by atoms with van der Waals surface area (Å²) in [6, 6.07) is 4.08. The fourth-order valence-corrected chi connectivity index (χ4v) is 4.49. The van der Waals surface area contributed by atoms with Gasteiger partial charge < -0.3 is 10.2 Å². The number of carbonyl (C=O) groups excluding carboxylic acids is 1. The van der Waals surface area contributed by atoms with Crippen molar-refractivity contribution in [1.82, 2.24) is 20.0 Å². The summed E-state index contributed by atoms with van der Waals surface area (Å²) < 4.78 is 2.89. The summed E-state index contributed by atoms with van der Waals surface area (Å²) >= 11 is 5.13. The second kappa shape index (κ2) is 7.79. The molecule has 0 saturated carbocycles. The van der Waals surface area contributed by atoms with Crippen LogP contribution in [0.25, 0.3) is 0 Å². The highest BCUT2D eigenvalue weighted by atomic mass is 79.9. The van der Waals surface area contributed by atoms with Gasteiger partial charge in [0.1, 0.15) is 0 Å². The molecule has 3 heterocycles. The fraction of sp³-hybridized carbons (Fsp3) is 0.467. The Morgan fingerprint density at radius 1 is 1.52 bits per heavy atom. The van der Waals surface area contributed by atoms with Crippen LogP contribution in [0.2, 0.25) is 0 Å². The Morgan fingerprint density at radius 3 is 2.91 bits per heavy atom. The number of aryl methyl sites for hydroxylation is 1. The summed E-state index contributed by atoms with van der Waals surface area (Å²) in [5, 5.41) is 7.58. The number of rotatable bonds is 4. The van der Waals surface area contributed by atoms with Gasteiger partial charge in [-0.3, -0.25) is 9.48 Å². The lowest BCUT2D eigenvalue weighted by Crippen LogP contribution is -2.35. The molecule has 1 aliphatic rings. The maximum Gasteiger partial charge on any atom is 0.227 e. The van der Waals surface area contributed by atoms with Crippen LogP contribution in [-0.2, 0) is 18.4 Å². The molecule has 2 aromatic rings. The van der Waals surface area contributed by atoms with Crippen LogP contribution < -0.4 is 5.32 Å². The highest BCUT2D eigenvalue weighted by Gasteiger charge is 2.36. The third-order valence-electron chi connectivity index (χ3n) is 4.08. The minimum absolute atomic E-state index is 0. The number of hydrogen-bond donors (Lipinski definition) is 1. The minimum atomic E-state index is -0.0161. The van der Waals surface area contributed by atoms with E-state index in [0.717, 1.165) is 22.4 Å². The van der Waals surface area contributed by atoms with Gasteiger partial charge in [0.2, 0.25) is 5.91 Å². The third-order valence-corrected chi connectivity index (χ3v) is 5.69. The first kappa shape index (κ1) is 18.4. The molecule has 0 bridgehead atoms. The number of hydrogen-bond acceptors (Lipinski definition) is 4. The van der Waals surface area contributed by atoms with Crippen molar-refractivity contribution < 1.29 is 4.79 Å². The molecular formula is C15H20BrClN4OS. The van der Waals surface area contributed by atoms with Gasteiger partial charge >= 0.3 is 0 Å². The smallest absolute Gasteiger partial charge is 0.227 e. The Balaban J connectivity index is 0.00000192. The van der Waals surface area contributed by atoms with Crippen molar-refractivity contribution >= 4 is 45.6 Å². The van der Waals surface area contributed by atoms with E-state index in [9.17, 15) is 4.79 Å². The first-order chi connectivity index (χ1) is 10.5. The maximum absolute atomic E-state index is 12.8. The van der Waals surface area contributed by atoms with Crippen LogP contribution in [-0.4, -0.2) is 40.7 Å². The van der Waals surface area contributed by atoms with Crippen LogP contribution in [0.1, 0.15) is 16.4 Å². The molecule has 1 saturated heterocycles. The molecule has 5 nitrogen and oxygen atoms in total. The van der Waals surface area contributed by atoms with Crippen molar-refractivity contribution in [3.05, 3.63) is 38.8 Å². The summed E-state index contributed by atoms with van der Waals surface area (Å²) in [5.74, 6) is 0.389. The quantitative estimate of drug-likeness (QED) is 0.829. The molecule has 0 aliphatic carbocycles. The zero-order chi connectivity index (χ0) is 15.7. The van der Waals surface area contributed by atoms with Gasteiger partial charge in [-0.15, -0.1) is 23.7 Å². The number of nitrogens with one attached hydrogen (secondary N) is 1. The van der Waals surface area contributed by atoms with Gasteiger partial charge in [0.05, 0.1) is 22.4 Å². The summed E-state index contributed by atoms with van der Waals surface area (Å²) in [4.78, 5) is 15.8. The Morgan fingerprint density at radius 2 is 2.30 bits per heavy atom. The molecule has 0 spiro atoms. The van der Waals surface area contributed by atoms with Gasteiger partial charge in [0.15, 0.2) is 0 Å². The molecule has 8 heteroatoms. The lowest BCUT2D eigenvalue weighted by atomic mass is 9.90. The largest absolute Gasteiger partial charge is 0.340 e. The summed E-state index contributed by atoms with van der Waals surface area (Å²) in [6.07, 6.45) is 3.88. The van der Waals surface area contributed by atoms with Crippen LogP contribution in [0.4, 0.5) is 0 Å². The van der Waals surface area contributed by atoms with E-state index in [4.69, 9.17) is 0 Å². The highest BCUT2D eigenvalue weighted by Crippen LogP contribution is 2.30. The topological polar surface area (TPSA) is 50.2 Å². The molecule has 3 rings (SSSR count). The van der Waals surface area contributed by atoms with E-state index in [1.807, 2.05) is 37.5 Å². The first-order valence-corrected chi connectivity index (χ1v) is 8.84. The molecule has 1 N–H and O–H groups in total. The van der Waals surface area contributed by atoms with Crippen LogP contribution >= 0.6 is 39.7 Å². The van der Waals surface area contributed by atoms with Gasteiger partial charge in [-0.2, -0.15) is 5.10 Å². The van der Waals surface area contributed by atoms with Crippen molar-refractivity contribution in [2.75, 3.05) is 20.1 Å². The SMILES string of the molecule is CN(Cc1ccc(Br)s1)C(=O)[C@H]1CNC[C@@H]1c1cnn(C)c1.Cl. The van der Waals surface area contributed by atoms with Crippen molar-refractivity contribution in [3.8, 4) is 0 Å². The molecule has 1 amide bonds. The van der Waals surface area contributed by atoms with Crippen LogP contribution in [0.5, 0.6) is 0 Å². The molecule has 0 radical (unpaired) electrons. The molecule has 2 atom stereocenters. The van der Waals surface area contributed by atoms with Crippen LogP contribution in [0.3, 0.4) is 0 Å². The Labute approximate surface area is 154 Å². The lowest BCUT2D eigenvalue weighted by molar-refractivity contribution is -0.134. The fourth-order valence-electron chi connectivity index (χ4n) is 2.95. The van der Waals surface area contributed by atoms with Gasteiger partial charge in [-0.05, 0) is 33.6 Å². The first-order valence-electron chi connectivity index (χ1n) is 7.23. The number of amides is 1. The van der Waals surface area contributed by atoms with Crippen LogP contribution in [0.15, 0.2) is 28.3 Å².